The molecule has 0 spiro atoms. The largest absolute Gasteiger partial charge is 0.462 e. The predicted molar refractivity (Wildman–Crippen MR) is 88.1 cm³/mol. The molecule has 5 nitrogen and oxygen atoms in total. The zero-order chi connectivity index (χ0) is 15.5. The molecule has 0 saturated carbocycles. The van der Waals surface area contributed by atoms with Crippen LogP contribution in [0.25, 0.3) is 0 Å². The van der Waals surface area contributed by atoms with Crippen molar-refractivity contribution in [2.24, 2.45) is 0 Å². The van der Waals surface area contributed by atoms with E-state index in [1.165, 1.54) is 31.2 Å². The van der Waals surface area contributed by atoms with E-state index in [0.717, 1.165) is 13.0 Å². The molecule has 0 aliphatic rings. The zero-order valence-corrected chi connectivity index (χ0v) is 14.0. The Balaban J connectivity index is 2.33. The number of esters is 1. The molecule has 0 aliphatic heterocycles. The number of rotatable bonds is 10. The van der Waals surface area contributed by atoms with Crippen LogP contribution in [-0.2, 0) is 4.74 Å². The van der Waals surface area contributed by atoms with Crippen molar-refractivity contribution in [1.29, 1.82) is 0 Å². The number of unbranched alkanes of at least 4 members (excludes halogenated alkanes) is 3. The molecule has 0 saturated heterocycles. The molecule has 6 heteroatoms. The van der Waals surface area contributed by atoms with Crippen LogP contribution in [0.15, 0.2) is 6.20 Å². The predicted octanol–water partition coefficient (Wildman–Crippen LogP) is 3.30. The van der Waals surface area contributed by atoms with Gasteiger partial charge >= 0.3 is 5.97 Å². The molecule has 1 rings (SSSR count). The minimum atomic E-state index is -0.365. The van der Waals surface area contributed by atoms with E-state index in [9.17, 15) is 4.79 Å². The van der Waals surface area contributed by atoms with Crippen LogP contribution >= 0.6 is 11.8 Å². The lowest BCUT2D eigenvalue weighted by Crippen LogP contribution is -2.11. The Morgan fingerprint density at radius 2 is 2.10 bits per heavy atom. The van der Waals surface area contributed by atoms with Gasteiger partial charge in [-0.05, 0) is 38.7 Å². The van der Waals surface area contributed by atoms with Gasteiger partial charge in [-0.2, -0.15) is 11.8 Å². The average molecular weight is 311 g/mol. The van der Waals surface area contributed by atoms with Crippen molar-refractivity contribution in [3.05, 3.63) is 17.5 Å². The summed E-state index contributed by atoms with van der Waals surface area (Å²) < 4.78 is 4.95. The highest BCUT2D eigenvalue weighted by molar-refractivity contribution is 7.98. The van der Waals surface area contributed by atoms with Crippen LogP contribution in [0.4, 0.5) is 5.95 Å². The molecule has 0 bridgehead atoms. The Bertz CT molecular complexity index is 441. The number of nitrogens with one attached hydrogen (secondary N) is 1. The van der Waals surface area contributed by atoms with Crippen molar-refractivity contribution in [3.63, 3.8) is 0 Å². The van der Waals surface area contributed by atoms with Gasteiger partial charge in [-0.1, -0.05) is 12.8 Å². The van der Waals surface area contributed by atoms with Crippen LogP contribution in [-0.4, -0.2) is 41.1 Å². The third kappa shape index (κ3) is 6.80. The molecule has 118 valence electrons. The smallest absolute Gasteiger partial charge is 0.341 e. The highest BCUT2D eigenvalue weighted by Gasteiger charge is 2.12. The highest BCUT2D eigenvalue weighted by Crippen LogP contribution is 2.09. The second kappa shape index (κ2) is 10.4. The van der Waals surface area contributed by atoms with Gasteiger partial charge in [0.05, 0.1) is 17.9 Å². The van der Waals surface area contributed by atoms with E-state index in [2.05, 4.69) is 21.5 Å². The molecule has 0 radical (unpaired) electrons. The van der Waals surface area contributed by atoms with Crippen molar-refractivity contribution >= 4 is 23.7 Å². The molecule has 0 aromatic carbocycles. The van der Waals surface area contributed by atoms with Crippen LogP contribution in [0.3, 0.4) is 0 Å². The van der Waals surface area contributed by atoms with Crippen LogP contribution in [0.1, 0.15) is 48.7 Å². The number of carbonyl (C=O) groups excluding carboxylic acids is 1. The topological polar surface area (TPSA) is 64.1 Å². The van der Waals surface area contributed by atoms with Gasteiger partial charge in [0.15, 0.2) is 0 Å². The fourth-order valence-electron chi connectivity index (χ4n) is 1.89. The van der Waals surface area contributed by atoms with E-state index in [1.54, 1.807) is 13.8 Å². The first-order valence-corrected chi connectivity index (χ1v) is 8.82. The fraction of sp³-hybridized carbons (Fsp3) is 0.667. The normalized spacial score (nSPS) is 10.4. The van der Waals surface area contributed by atoms with E-state index in [0.29, 0.717) is 23.8 Å². The second-order valence-electron chi connectivity index (χ2n) is 4.75. The lowest BCUT2D eigenvalue weighted by Gasteiger charge is -2.08. The van der Waals surface area contributed by atoms with Crippen molar-refractivity contribution in [2.75, 3.05) is 30.5 Å². The summed E-state index contributed by atoms with van der Waals surface area (Å²) in [6.07, 6.45) is 8.54. The molecule has 0 atom stereocenters. The summed E-state index contributed by atoms with van der Waals surface area (Å²) in [6, 6.07) is 0. The number of ether oxygens (including phenoxy) is 1. The van der Waals surface area contributed by atoms with Crippen LogP contribution in [0.5, 0.6) is 0 Å². The molecular weight excluding hydrogens is 286 g/mol. The van der Waals surface area contributed by atoms with E-state index >= 15 is 0 Å². The van der Waals surface area contributed by atoms with Crippen molar-refractivity contribution in [2.45, 2.75) is 39.5 Å². The Morgan fingerprint density at radius 1 is 1.33 bits per heavy atom. The number of hydrogen-bond donors (Lipinski definition) is 1. The van der Waals surface area contributed by atoms with Crippen molar-refractivity contribution < 1.29 is 9.53 Å². The SMILES string of the molecule is CCOC(=O)c1cnc(NCCCCCCSC)nc1C. The van der Waals surface area contributed by atoms with E-state index in [1.807, 2.05) is 11.8 Å². The number of anilines is 1. The zero-order valence-electron chi connectivity index (χ0n) is 13.1. The van der Waals surface area contributed by atoms with Crippen LogP contribution in [0, 0.1) is 6.92 Å². The molecule has 0 fully saturated rings. The maximum atomic E-state index is 11.6. The van der Waals surface area contributed by atoms with Crippen molar-refractivity contribution in [1.82, 2.24) is 9.97 Å². The fourth-order valence-corrected chi connectivity index (χ4v) is 2.38. The molecule has 0 unspecified atom stereocenters. The molecular formula is C15H25N3O2S. The third-order valence-corrected chi connectivity index (χ3v) is 3.73. The molecule has 1 heterocycles. The molecule has 1 N–H and O–H groups in total. The summed E-state index contributed by atoms with van der Waals surface area (Å²) in [7, 11) is 0. The Labute approximate surface area is 131 Å². The maximum absolute atomic E-state index is 11.6. The van der Waals surface area contributed by atoms with Gasteiger partial charge in [0.25, 0.3) is 0 Å². The lowest BCUT2D eigenvalue weighted by atomic mass is 10.2. The number of aromatic nitrogens is 2. The minimum absolute atomic E-state index is 0.356. The molecule has 1 aromatic rings. The summed E-state index contributed by atoms with van der Waals surface area (Å²) in [4.78, 5) is 20.1. The molecule has 0 aliphatic carbocycles. The summed E-state index contributed by atoms with van der Waals surface area (Å²) in [6.45, 7) is 4.79. The van der Waals surface area contributed by atoms with E-state index < -0.39 is 0 Å². The molecule has 1 aromatic heterocycles. The number of thioether (sulfide) groups is 1. The number of hydrogen-bond acceptors (Lipinski definition) is 6. The summed E-state index contributed by atoms with van der Waals surface area (Å²) in [5, 5.41) is 3.19. The number of nitrogens with zero attached hydrogens (tertiary/aromatic N) is 2. The minimum Gasteiger partial charge on any atom is -0.462 e. The monoisotopic (exact) mass is 311 g/mol. The summed E-state index contributed by atoms with van der Waals surface area (Å²) in [5.41, 5.74) is 1.07. The number of carbonyl (C=O) groups is 1. The maximum Gasteiger partial charge on any atom is 0.341 e. The molecule has 0 amide bonds. The average Bonchev–Trinajstić information content (AvgIpc) is 2.46. The lowest BCUT2D eigenvalue weighted by molar-refractivity contribution is 0.0524. The number of aryl methyl sites for hydroxylation is 1. The molecule has 21 heavy (non-hydrogen) atoms. The first-order chi connectivity index (χ1) is 10.2. The van der Waals surface area contributed by atoms with Gasteiger partial charge in [0.2, 0.25) is 5.95 Å². The van der Waals surface area contributed by atoms with Crippen LogP contribution < -0.4 is 5.32 Å². The van der Waals surface area contributed by atoms with Gasteiger partial charge < -0.3 is 10.1 Å². The van der Waals surface area contributed by atoms with Gasteiger partial charge in [0, 0.05) is 12.7 Å². The quantitative estimate of drug-likeness (QED) is 0.528. The standard InChI is InChI=1S/C15H25N3O2S/c1-4-20-14(19)13-11-17-15(18-12(13)2)16-9-7-5-6-8-10-21-3/h11H,4-10H2,1-3H3,(H,16,17,18). The first kappa shape index (κ1) is 17.8. The van der Waals surface area contributed by atoms with Gasteiger partial charge in [-0.15, -0.1) is 0 Å². The van der Waals surface area contributed by atoms with Gasteiger partial charge in [-0.25, -0.2) is 14.8 Å². The van der Waals surface area contributed by atoms with Gasteiger partial charge in [0.1, 0.15) is 0 Å². The Hall–Kier alpha value is -1.30. The summed E-state index contributed by atoms with van der Waals surface area (Å²) >= 11 is 1.90. The Morgan fingerprint density at radius 3 is 2.76 bits per heavy atom. The van der Waals surface area contributed by atoms with E-state index in [-0.39, 0.29) is 5.97 Å². The van der Waals surface area contributed by atoms with Gasteiger partial charge in [-0.3, -0.25) is 0 Å². The van der Waals surface area contributed by atoms with E-state index in [4.69, 9.17) is 4.74 Å². The third-order valence-electron chi connectivity index (χ3n) is 3.03. The Kier molecular flexibility index (Phi) is 8.82. The first-order valence-electron chi connectivity index (χ1n) is 7.42. The summed E-state index contributed by atoms with van der Waals surface area (Å²) in [5.74, 6) is 1.45. The highest BCUT2D eigenvalue weighted by atomic mass is 32.2. The van der Waals surface area contributed by atoms with Crippen molar-refractivity contribution in [3.8, 4) is 0 Å². The second-order valence-corrected chi connectivity index (χ2v) is 5.73. The van der Waals surface area contributed by atoms with Crippen LogP contribution in [0.2, 0.25) is 0 Å².